The number of phenolic OH excluding ortho intramolecular Hbond substituents is 1. The normalized spacial score (nSPS) is 16.5. The van der Waals surface area contributed by atoms with Gasteiger partial charge in [0.05, 0.1) is 6.04 Å². The van der Waals surface area contributed by atoms with E-state index in [9.17, 15) is 9.90 Å². The highest BCUT2D eigenvalue weighted by molar-refractivity contribution is 5.88. The van der Waals surface area contributed by atoms with Gasteiger partial charge in [-0.15, -0.1) is 0 Å². The lowest BCUT2D eigenvalue weighted by molar-refractivity contribution is -0.114. The van der Waals surface area contributed by atoms with Crippen LogP contribution in [-0.4, -0.2) is 29.0 Å². The Morgan fingerprint density at radius 3 is 2.46 bits per heavy atom. The molecule has 1 amide bonds. The van der Waals surface area contributed by atoms with Crippen molar-refractivity contribution in [2.45, 2.75) is 32.2 Å². The van der Waals surface area contributed by atoms with Crippen molar-refractivity contribution in [2.24, 2.45) is 0 Å². The summed E-state index contributed by atoms with van der Waals surface area (Å²) in [7, 11) is 0. The van der Waals surface area contributed by atoms with Crippen molar-refractivity contribution in [3.8, 4) is 5.75 Å². The van der Waals surface area contributed by atoms with E-state index in [1.807, 2.05) is 24.3 Å². The monoisotopic (exact) mass is 324 g/mol. The van der Waals surface area contributed by atoms with Crippen molar-refractivity contribution in [3.63, 3.8) is 0 Å². The van der Waals surface area contributed by atoms with Crippen LogP contribution in [0.4, 0.5) is 5.69 Å². The molecule has 1 aliphatic rings. The fourth-order valence-corrected chi connectivity index (χ4v) is 3.45. The van der Waals surface area contributed by atoms with E-state index < -0.39 is 0 Å². The van der Waals surface area contributed by atoms with Crippen LogP contribution in [0.25, 0.3) is 0 Å². The van der Waals surface area contributed by atoms with Crippen molar-refractivity contribution >= 4 is 11.6 Å². The standard InChI is InChI=1S/C20H24N2O2/c1-15(23)21-17-10-11-19(24)18(14-17)20(16-8-4-2-5-9-16)22-12-6-3-7-13-22/h2,4-5,8-11,14,20,24H,3,6-7,12-13H2,1H3,(H,21,23)/t20-/m1/s1. The van der Waals surface area contributed by atoms with Gasteiger partial charge in [0.15, 0.2) is 0 Å². The Morgan fingerprint density at radius 1 is 1.08 bits per heavy atom. The van der Waals surface area contributed by atoms with Crippen LogP contribution >= 0.6 is 0 Å². The minimum atomic E-state index is -0.110. The zero-order chi connectivity index (χ0) is 16.9. The third-order valence-electron chi connectivity index (χ3n) is 4.51. The third kappa shape index (κ3) is 3.77. The molecule has 1 aliphatic heterocycles. The van der Waals surface area contributed by atoms with Crippen molar-refractivity contribution in [1.29, 1.82) is 0 Å². The maximum absolute atomic E-state index is 11.4. The molecular formula is C20H24N2O2. The van der Waals surface area contributed by atoms with Crippen molar-refractivity contribution < 1.29 is 9.90 Å². The number of anilines is 1. The number of nitrogens with one attached hydrogen (secondary N) is 1. The Bertz CT molecular complexity index is 694. The van der Waals surface area contributed by atoms with Crippen LogP contribution in [0.3, 0.4) is 0 Å². The number of hydrogen-bond acceptors (Lipinski definition) is 3. The van der Waals surface area contributed by atoms with E-state index in [0.29, 0.717) is 5.69 Å². The number of carbonyl (C=O) groups is 1. The first-order valence-electron chi connectivity index (χ1n) is 8.54. The molecule has 2 N–H and O–H groups in total. The molecule has 126 valence electrons. The van der Waals surface area contributed by atoms with E-state index in [1.54, 1.807) is 12.1 Å². The van der Waals surface area contributed by atoms with Gasteiger partial charge in [-0.1, -0.05) is 36.8 Å². The molecular weight excluding hydrogens is 300 g/mol. The fourth-order valence-electron chi connectivity index (χ4n) is 3.45. The lowest BCUT2D eigenvalue weighted by atomic mass is 9.94. The average Bonchev–Trinajstić information content (AvgIpc) is 2.59. The van der Waals surface area contributed by atoms with Gasteiger partial charge in [0.25, 0.3) is 0 Å². The first kappa shape index (κ1) is 16.5. The summed E-state index contributed by atoms with van der Waals surface area (Å²) in [5.41, 5.74) is 2.72. The second-order valence-electron chi connectivity index (χ2n) is 6.36. The third-order valence-corrected chi connectivity index (χ3v) is 4.51. The number of carbonyl (C=O) groups excluding carboxylic acids is 1. The van der Waals surface area contributed by atoms with Gasteiger partial charge in [-0.3, -0.25) is 9.69 Å². The fraction of sp³-hybridized carbons (Fsp3) is 0.350. The summed E-state index contributed by atoms with van der Waals surface area (Å²) in [5, 5.41) is 13.3. The zero-order valence-corrected chi connectivity index (χ0v) is 14.0. The number of benzene rings is 2. The molecule has 0 aliphatic carbocycles. The lowest BCUT2D eigenvalue weighted by Gasteiger charge is -2.35. The molecule has 2 aromatic carbocycles. The van der Waals surface area contributed by atoms with Gasteiger partial charge < -0.3 is 10.4 Å². The van der Waals surface area contributed by atoms with Gasteiger partial charge in [0.1, 0.15) is 5.75 Å². The Labute approximate surface area is 143 Å². The maximum Gasteiger partial charge on any atom is 0.221 e. The van der Waals surface area contributed by atoms with Crippen LogP contribution in [0.1, 0.15) is 43.4 Å². The predicted octanol–water partition coefficient (Wildman–Crippen LogP) is 3.93. The summed E-state index contributed by atoms with van der Waals surface area (Å²) < 4.78 is 0. The summed E-state index contributed by atoms with van der Waals surface area (Å²) >= 11 is 0. The van der Waals surface area contributed by atoms with Crippen molar-refractivity contribution in [1.82, 2.24) is 4.90 Å². The highest BCUT2D eigenvalue weighted by atomic mass is 16.3. The molecule has 0 saturated carbocycles. The van der Waals surface area contributed by atoms with Gasteiger partial charge in [0, 0.05) is 18.2 Å². The highest BCUT2D eigenvalue weighted by Gasteiger charge is 2.26. The maximum atomic E-state index is 11.4. The quantitative estimate of drug-likeness (QED) is 0.838. The molecule has 0 unspecified atom stereocenters. The summed E-state index contributed by atoms with van der Waals surface area (Å²) in [4.78, 5) is 13.8. The Morgan fingerprint density at radius 2 is 1.79 bits per heavy atom. The summed E-state index contributed by atoms with van der Waals surface area (Å²) in [6.07, 6.45) is 3.61. The molecule has 4 nitrogen and oxygen atoms in total. The number of phenols is 1. The van der Waals surface area contributed by atoms with E-state index in [1.165, 1.54) is 26.2 Å². The van der Waals surface area contributed by atoms with Gasteiger partial charge >= 0.3 is 0 Å². The summed E-state index contributed by atoms with van der Waals surface area (Å²) in [6, 6.07) is 15.6. The molecule has 3 rings (SSSR count). The smallest absolute Gasteiger partial charge is 0.221 e. The van der Waals surface area contributed by atoms with E-state index in [0.717, 1.165) is 24.2 Å². The Hall–Kier alpha value is -2.33. The molecule has 1 atom stereocenters. The van der Waals surface area contributed by atoms with Crippen LogP contribution in [0.15, 0.2) is 48.5 Å². The number of likely N-dealkylation sites (tertiary alicyclic amines) is 1. The van der Waals surface area contributed by atoms with Gasteiger partial charge in [-0.2, -0.15) is 0 Å². The largest absolute Gasteiger partial charge is 0.508 e. The number of rotatable bonds is 4. The Kier molecular flexibility index (Phi) is 5.16. The molecule has 2 aromatic rings. The summed E-state index contributed by atoms with van der Waals surface area (Å²) in [6.45, 7) is 3.53. The predicted molar refractivity (Wildman–Crippen MR) is 96.1 cm³/mol. The SMILES string of the molecule is CC(=O)Nc1ccc(O)c([C@@H](c2ccccc2)N2CCCCC2)c1. The van der Waals surface area contributed by atoms with Crippen LogP contribution in [-0.2, 0) is 4.79 Å². The molecule has 0 spiro atoms. The topological polar surface area (TPSA) is 52.6 Å². The van der Waals surface area contributed by atoms with Gasteiger partial charge in [0.2, 0.25) is 5.91 Å². The van der Waals surface area contributed by atoms with E-state index in [-0.39, 0.29) is 17.7 Å². The zero-order valence-electron chi connectivity index (χ0n) is 14.0. The van der Waals surface area contributed by atoms with Crippen molar-refractivity contribution in [2.75, 3.05) is 18.4 Å². The van der Waals surface area contributed by atoms with Crippen LogP contribution in [0.5, 0.6) is 5.75 Å². The molecule has 0 aromatic heterocycles. The minimum Gasteiger partial charge on any atom is -0.508 e. The first-order valence-corrected chi connectivity index (χ1v) is 8.54. The average molecular weight is 324 g/mol. The Balaban J connectivity index is 2.03. The number of nitrogens with zero attached hydrogens (tertiary/aromatic N) is 1. The van der Waals surface area contributed by atoms with Crippen LogP contribution in [0, 0.1) is 0 Å². The van der Waals surface area contributed by atoms with Crippen LogP contribution < -0.4 is 5.32 Å². The number of hydrogen-bond donors (Lipinski definition) is 2. The van der Waals surface area contributed by atoms with Crippen LogP contribution in [0.2, 0.25) is 0 Å². The summed E-state index contributed by atoms with van der Waals surface area (Å²) in [5.74, 6) is 0.157. The van der Waals surface area contributed by atoms with E-state index in [4.69, 9.17) is 0 Å². The molecule has 4 heteroatoms. The van der Waals surface area contributed by atoms with Gasteiger partial charge in [-0.05, 0) is 49.7 Å². The molecule has 0 bridgehead atoms. The van der Waals surface area contributed by atoms with E-state index in [2.05, 4.69) is 22.3 Å². The minimum absolute atomic E-state index is 0.000193. The van der Waals surface area contributed by atoms with Crippen molar-refractivity contribution in [3.05, 3.63) is 59.7 Å². The first-order chi connectivity index (χ1) is 11.6. The second kappa shape index (κ2) is 7.49. The molecule has 24 heavy (non-hydrogen) atoms. The molecule has 1 fully saturated rings. The van der Waals surface area contributed by atoms with E-state index >= 15 is 0 Å². The number of amides is 1. The molecule has 1 saturated heterocycles. The number of aromatic hydroxyl groups is 1. The second-order valence-corrected chi connectivity index (χ2v) is 6.36. The van der Waals surface area contributed by atoms with Gasteiger partial charge in [-0.25, -0.2) is 0 Å². The highest BCUT2D eigenvalue weighted by Crippen LogP contribution is 2.37. The lowest BCUT2D eigenvalue weighted by Crippen LogP contribution is -2.34. The molecule has 1 heterocycles. The number of piperidine rings is 1. The molecule has 0 radical (unpaired) electrons.